The Bertz CT molecular complexity index is 1200. The summed E-state index contributed by atoms with van der Waals surface area (Å²) >= 11 is 0. The molecule has 5 nitrogen and oxygen atoms in total. The van der Waals surface area contributed by atoms with Crippen LogP contribution in [-0.2, 0) is 10.3 Å². The van der Waals surface area contributed by atoms with Crippen molar-refractivity contribution in [1.29, 1.82) is 0 Å². The van der Waals surface area contributed by atoms with Gasteiger partial charge in [0.1, 0.15) is 5.60 Å². The summed E-state index contributed by atoms with van der Waals surface area (Å²) in [5, 5.41) is 0. The van der Waals surface area contributed by atoms with E-state index in [0.717, 1.165) is 16.7 Å². The lowest BCUT2D eigenvalue weighted by Gasteiger charge is -2.38. The highest BCUT2D eigenvalue weighted by Crippen LogP contribution is 2.42. The van der Waals surface area contributed by atoms with Crippen molar-refractivity contribution in [2.75, 3.05) is 0 Å². The molecular formula is C27H24N2O3. The summed E-state index contributed by atoms with van der Waals surface area (Å²) in [4.78, 5) is 26.6. The fourth-order valence-corrected chi connectivity index (χ4v) is 3.88. The Morgan fingerprint density at radius 3 is 1.66 bits per heavy atom. The number of ether oxygens (including phenoxy) is 1. The van der Waals surface area contributed by atoms with Crippen LogP contribution in [0, 0.1) is 0 Å². The van der Waals surface area contributed by atoms with Gasteiger partial charge < -0.3 is 4.74 Å². The summed E-state index contributed by atoms with van der Waals surface area (Å²) in [6, 6.07) is 31.1. The van der Waals surface area contributed by atoms with E-state index in [0.29, 0.717) is 0 Å². The highest BCUT2D eigenvalue weighted by molar-refractivity contribution is 5.47. The van der Waals surface area contributed by atoms with E-state index in [1.165, 1.54) is 16.8 Å². The Labute approximate surface area is 186 Å². The summed E-state index contributed by atoms with van der Waals surface area (Å²) in [6.45, 7) is 1.86. The predicted molar refractivity (Wildman–Crippen MR) is 125 cm³/mol. The quantitative estimate of drug-likeness (QED) is 0.348. The van der Waals surface area contributed by atoms with Gasteiger partial charge in [0.05, 0.1) is 0 Å². The Kier molecular flexibility index (Phi) is 6.29. The second-order valence-electron chi connectivity index (χ2n) is 7.33. The van der Waals surface area contributed by atoms with E-state index in [1.807, 2.05) is 104 Å². The van der Waals surface area contributed by atoms with Gasteiger partial charge in [0, 0.05) is 12.3 Å². The van der Waals surface area contributed by atoms with Crippen molar-refractivity contribution in [3.8, 4) is 0 Å². The van der Waals surface area contributed by atoms with Gasteiger partial charge >= 0.3 is 5.69 Å². The molecule has 4 rings (SSSR count). The number of allylic oxidation sites excluding steroid dienone is 1. The molecule has 0 radical (unpaired) electrons. The summed E-state index contributed by atoms with van der Waals surface area (Å²) in [6.07, 6.45) is 4.31. The van der Waals surface area contributed by atoms with Crippen LogP contribution in [0.25, 0.3) is 0 Å². The first-order valence-electron chi connectivity index (χ1n) is 10.4. The van der Waals surface area contributed by atoms with Crippen molar-refractivity contribution in [2.24, 2.45) is 0 Å². The maximum Gasteiger partial charge on any atom is 0.330 e. The van der Waals surface area contributed by atoms with Crippen molar-refractivity contribution < 1.29 is 4.74 Å². The summed E-state index contributed by atoms with van der Waals surface area (Å²) < 4.78 is 8.28. The van der Waals surface area contributed by atoms with E-state index >= 15 is 0 Å². The number of rotatable bonds is 7. The molecule has 0 saturated carbocycles. The number of H-pyrrole nitrogens is 1. The molecule has 0 fully saturated rings. The fraction of sp³-hybridized carbons (Fsp3) is 0.111. The van der Waals surface area contributed by atoms with Crippen LogP contribution in [0.15, 0.2) is 125 Å². The normalized spacial score (nSPS) is 12.7. The predicted octanol–water partition coefficient (Wildman–Crippen LogP) is 4.62. The zero-order chi connectivity index (χ0) is 22.4. The van der Waals surface area contributed by atoms with Gasteiger partial charge in [-0.05, 0) is 29.7 Å². The Hall–Kier alpha value is -3.96. The molecule has 0 amide bonds. The molecule has 1 atom stereocenters. The summed E-state index contributed by atoms with van der Waals surface area (Å²) in [5.74, 6) is 0. The van der Waals surface area contributed by atoms with Crippen molar-refractivity contribution in [1.82, 2.24) is 9.55 Å². The highest BCUT2D eigenvalue weighted by atomic mass is 16.5. The first-order chi connectivity index (χ1) is 15.6. The van der Waals surface area contributed by atoms with Crippen LogP contribution in [0.5, 0.6) is 0 Å². The van der Waals surface area contributed by atoms with Gasteiger partial charge in [0.2, 0.25) is 0 Å². The fourth-order valence-electron chi connectivity index (χ4n) is 3.88. The number of benzene rings is 3. The maximum absolute atomic E-state index is 12.6. The molecule has 0 aliphatic carbocycles. The number of aromatic amines is 1. The minimum absolute atomic E-state index is 0.453. The number of hydrogen-bond acceptors (Lipinski definition) is 3. The number of hydrogen-bond donors (Lipinski definition) is 1. The van der Waals surface area contributed by atoms with Crippen LogP contribution in [0.2, 0.25) is 0 Å². The van der Waals surface area contributed by atoms with Crippen LogP contribution < -0.4 is 11.2 Å². The second-order valence-corrected chi connectivity index (χ2v) is 7.33. The van der Waals surface area contributed by atoms with Crippen LogP contribution in [0.4, 0.5) is 0 Å². The van der Waals surface area contributed by atoms with Gasteiger partial charge in [-0.15, -0.1) is 0 Å². The average molecular weight is 425 g/mol. The van der Waals surface area contributed by atoms with Crippen LogP contribution in [0.3, 0.4) is 0 Å². The summed E-state index contributed by atoms with van der Waals surface area (Å²) in [5.41, 5.74) is 0.761. The first kappa shape index (κ1) is 21.3. The molecule has 32 heavy (non-hydrogen) atoms. The van der Waals surface area contributed by atoms with Gasteiger partial charge in [-0.3, -0.25) is 14.3 Å². The zero-order valence-corrected chi connectivity index (χ0v) is 17.7. The molecule has 0 saturated heterocycles. The molecular weight excluding hydrogens is 400 g/mol. The molecule has 0 aliphatic rings. The molecule has 0 bridgehead atoms. The third-order valence-corrected chi connectivity index (χ3v) is 5.32. The van der Waals surface area contributed by atoms with E-state index in [9.17, 15) is 9.59 Å². The third kappa shape index (κ3) is 4.11. The van der Waals surface area contributed by atoms with E-state index in [1.54, 1.807) is 6.08 Å². The van der Waals surface area contributed by atoms with Crippen molar-refractivity contribution >= 4 is 0 Å². The van der Waals surface area contributed by atoms with Crippen molar-refractivity contribution in [3.05, 3.63) is 153 Å². The molecule has 5 heteroatoms. The number of nitrogens with one attached hydrogen (secondary N) is 1. The maximum atomic E-state index is 12.6. The second kappa shape index (κ2) is 9.45. The molecule has 3 aromatic carbocycles. The van der Waals surface area contributed by atoms with Gasteiger partial charge in [0.15, 0.2) is 6.23 Å². The highest BCUT2D eigenvalue weighted by Gasteiger charge is 2.40. The standard InChI is InChI=1S/C27H24N2O3/c1-2-12-25(29-20-19-24(30)28-26(29)31)32-27(21-13-6-3-7-14-21,22-15-8-4-9-16-22)23-17-10-5-11-18-23/h2-20,25H,1H3,(H,28,30,31). The minimum Gasteiger partial charge on any atom is -0.334 e. The van der Waals surface area contributed by atoms with Crippen LogP contribution >= 0.6 is 0 Å². The monoisotopic (exact) mass is 424 g/mol. The van der Waals surface area contributed by atoms with E-state index < -0.39 is 23.1 Å². The first-order valence-corrected chi connectivity index (χ1v) is 10.4. The lowest BCUT2D eigenvalue weighted by molar-refractivity contribution is -0.0620. The number of aromatic nitrogens is 2. The Morgan fingerprint density at radius 2 is 1.25 bits per heavy atom. The molecule has 0 aliphatic heterocycles. The van der Waals surface area contributed by atoms with Gasteiger partial charge in [-0.2, -0.15) is 0 Å². The van der Waals surface area contributed by atoms with Gasteiger partial charge in [0.25, 0.3) is 5.56 Å². The molecule has 1 aromatic heterocycles. The third-order valence-electron chi connectivity index (χ3n) is 5.32. The molecule has 4 aromatic rings. The van der Waals surface area contributed by atoms with Crippen LogP contribution in [-0.4, -0.2) is 9.55 Å². The van der Waals surface area contributed by atoms with Crippen molar-refractivity contribution in [3.63, 3.8) is 0 Å². The van der Waals surface area contributed by atoms with E-state index in [2.05, 4.69) is 4.98 Å². The molecule has 1 heterocycles. The van der Waals surface area contributed by atoms with E-state index in [-0.39, 0.29) is 0 Å². The van der Waals surface area contributed by atoms with Gasteiger partial charge in [-0.25, -0.2) is 4.79 Å². The zero-order valence-electron chi connectivity index (χ0n) is 17.7. The topological polar surface area (TPSA) is 64.1 Å². The average Bonchev–Trinajstić information content (AvgIpc) is 2.84. The lowest BCUT2D eigenvalue weighted by Crippen LogP contribution is -2.39. The summed E-state index contributed by atoms with van der Waals surface area (Å²) in [7, 11) is 0. The molecule has 1 unspecified atom stereocenters. The molecule has 0 spiro atoms. The molecule has 160 valence electrons. The number of nitrogens with zero attached hydrogens (tertiary/aromatic N) is 1. The van der Waals surface area contributed by atoms with Crippen molar-refractivity contribution in [2.45, 2.75) is 18.8 Å². The Balaban J connectivity index is 2.00. The lowest BCUT2D eigenvalue weighted by atomic mass is 9.80. The van der Waals surface area contributed by atoms with Gasteiger partial charge in [-0.1, -0.05) is 97.1 Å². The van der Waals surface area contributed by atoms with E-state index in [4.69, 9.17) is 4.74 Å². The SMILES string of the molecule is CC=CC(OC(c1ccccc1)(c1ccccc1)c1ccccc1)n1ccc(=O)[nH]c1=O. The smallest absolute Gasteiger partial charge is 0.330 e. The minimum atomic E-state index is -1.01. The molecule has 1 N–H and O–H groups in total. The largest absolute Gasteiger partial charge is 0.334 e. The Morgan fingerprint density at radius 1 is 0.781 bits per heavy atom. The van der Waals surface area contributed by atoms with Crippen LogP contribution in [0.1, 0.15) is 29.8 Å².